The summed E-state index contributed by atoms with van der Waals surface area (Å²) >= 11 is 0. The van der Waals surface area contributed by atoms with E-state index >= 15 is 0 Å². The van der Waals surface area contributed by atoms with Gasteiger partial charge >= 0.3 is 0 Å². The van der Waals surface area contributed by atoms with Crippen LogP contribution in [0.3, 0.4) is 0 Å². The third kappa shape index (κ3) is 3.79. The van der Waals surface area contributed by atoms with Gasteiger partial charge in [-0.25, -0.2) is 0 Å². The fourth-order valence-corrected chi connectivity index (χ4v) is 3.70. The van der Waals surface area contributed by atoms with Crippen molar-refractivity contribution >= 4 is 10.8 Å². The Morgan fingerprint density at radius 1 is 1.47 bits per heavy atom. The van der Waals surface area contributed by atoms with Crippen molar-refractivity contribution in [3.05, 3.63) is 0 Å². The summed E-state index contributed by atoms with van der Waals surface area (Å²) in [5, 5.41) is 4.12. The van der Waals surface area contributed by atoms with Crippen LogP contribution in [0.4, 0.5) is 0 Å². The minimum atomic E-state index is -0.686. The van der Waals surface area contributed by atoms with Gasteiger partial charge in [-0.1, -0.05) is 13.8 Å². The van der Waals surface area contributed by atoms with Gasteiger partial charge in [-0.2, -0.15) is 0 Å². The Balaban J connectivity index is 1.92. The Hall–Kier alpha value is 0.0700. The standard InChI is InChI=1S/C15H30N2OS/c1-5-14-10-16-15(3,13-6-7-13)11-17(14)9-8-12(2)19(4)18/h12-14,16H,5-11H2,1-4H3. The first-order chi connectivity index (χ1) is 8.96. The Bertz CT molecular complexity index is 332. The largest absolute Gasteiger partial charge is 0.308 e. The molecule has 2 fully saturated rings. The Morgan fingerprint density at radius 2 is 2.16 bits per heavy atom. The van der Waals surface area contributed by atoms with Gasteiger partial charge in [0, 0.05) is 47.0 Å². The molecule has 0 aromatic rings. The molecular weight excluding hydrogens is 256 g/mol. The number of piperazine rings is 1. The van der Waals surface area contributed by atoms with E-state index < -0.39 is 10.8 Å². The van der Waals surface area contributed by atoms with E-state index in [4.69, 9.17) is 0 Å². The van der Waals surface area contributed by atoms with Crippen LogP contribution in [-0.4, -0.2) is 51.8 Å². The molecule has 19 heavy (non-hydrogen) atoms. The van der Waals surface area contributed by atoms with Crippen LogP contribution >= 0.6 is 0 Å². The van der Waals surface area contributed by atoms with E-state index in [1.165, 1.54) is 25.8 Å². The molecule has 1 heterocycles. The molecule has 1 N–H and O–H groups in total. The average molecular weight is 286 g/mol. The molecule has 112 valence electrons. The van der Waals surface area contributed by atoms with Gasteiger partial charge in [-0.3, -0.25) is 9.11 Å². The van der Waals surface area contributed by atoms with E-state index in [2.05, 4.69) is 31.0 Å². The first-order valence-corrected chi connectivity index (χ1v) is 9.39. The lowest BCUT2D eigenvalue weighted by Gasteiger charge is -2.47. The van der Waals surface area contributed by atoms with Crippen LogP contribution in [0.2, 0.25) is 0 Å². The number of nitrogens with one attached hydrogen (secondary N) is 1. The topological polar surface area (TPSA) is 32.3 Å². The smallest absolute Gasteiger partial charge is 0.0329 e. The summed E-state index contributed by atoms with van der Waals surface area (Å²) in [4.78, 5) is 2.65. The second kappa shape index (κ2) is 6.23. The third-order valence-corrected chi connectivity index (χ3v) is 6.50. The monoisotopic (exact) mass is 286 g/mol. The molecule has 0 aromatic heterocycles. The minimum absolute atomic E-state index is 0.319. The van der Waals surface area contributed by atoms with Crippen LogP contribution in [0.25, 0.3) is 0 Å². The van der Waals surface area contributed by atoms with E-state index in [1.807, 2.05) is 6.26 Å². The van der Waals surface area contributed by atoms with Crippen LogP contribution in [0.1, 0.15) is 46.5 Å². The molecule has 1 aliphatic carbocycles. The molecule has 2 rings (SSSR count). The molecule has 4 atom stereocenters. The minimum Gasteiger partial charge on any atom is -0.308 e. The van der Waals surface area contributed by atoms with E-state index in [9.17, 15) is 4.21 Å². The quantitative estimate of drug-likeness (QED) is 0.810. The third-order valence-electron chi connectivity index (χ3n) is 5.13. The zero-order chi connectivity index (χ0) is 14.0. The summed E-state index contributed by atoms with van der Waals surface area (Å²) in [6.45, 7) is 10.2. The molecule has 1 saturated heterocycles. The van der Waals surface area contributed by atoms with E-state index in [-0.39, 0.29) is 0 Å². The van der Waals surface area contributed by atoms with Gasteiger partial charge in [-0.05, 0) is 45.1 Å². The van der Waals surface area contributed by atoms with Crippen LogP contribution in [0.5, 0.6) is 0 Å². The van der Waals surface area contributed by atoms with Crippen molar-refractivity contribution in [2.45, 2.75) is 63.3 Å². The highest BCUT2D eigenvalue weighted by molar-refractivity contribution is 7.84. The molecule has 4 heteroatoms. The summed E-state index contributed by atoms with van der Waals surface area (Å²) in [6.07, 6.45) is 6.87. The molecule has 0 amide bonds. The van der Waals surface area contributed by atoms with Gasteiger partial charge in [-0.15, -0.1) is 0 Å². The SMILES string of the molecule is CCC1CNC(C)(C2CC2)CN1CCC(C)S(C)=O. The number of hydrogen-bond donors (Lipinski definition) is 1. The lowest BCUT2D eigenvalue weighted by molar-refractivity contribution is 0.0721. The Kier molecular flexibility index (Phi) is 5.07. The summed E-state index contributed by atoms with van der Waals surface area (Å²) < 4.78 is 11.5. The number of nitrogens with zero attached hydrogens (tertiary/aromatic N) is 1. The van der Waals surface area contributed by atoms with Gasteiger partial charge in [0.25, 0.3) is 0 Å². The lowest BCUT2D eigenvalue weighted by atomic mass is 9.90. The highest BCUT2D eigenvalue weighted by Crippen LogP contribution is 2.41. The van der Waals surface area contributed by atoms with Crippen molar-refractivity contribution in [3.8, 4) is 0 Å². The molecule has 1 saturated carbocycles. The predicted molar refractivity (Wildman–Crippen MR) is 82.9 cm³/mol. The van der Waals surface area contributed by atoms with E-state index in [0.717, 1.165) is 25.4 Å². The fraction of sp³-hybridized carbons (Fsp3) is 1.00. The molecule has 1 aliphatic heterocycles. The zero-order valence-corrected chi connectivity index (χ0v) is 13.8. The average Bonchev–Trinajstić information content (AvgIpc) is 3.20. The van der Waals surface area contributed by atoms with Gasteiger partial charge in [0.15, 0.2) is 0 Å². The Labute approximate surface area is 121 Å². The second-order valence-electron chi connectivity index (χ2n) is 6.70. The summed E-state index contributed by atoms with van der Waals surface area (Å²) in [7, 11) is -0.686. The second-order valence-corrected chi connectivity index (χ2v) is 8.51. The highest BCUT2D eigenvalue weighted by atomic mass is 32.2. The summed E-state index contributed by atoms with van der Waals surface area (Å²) in [6, 6.07) is 0.657. The van der Waals surface area contributed by atoms with Gasteiger partial charge < -0.3 is 5.32 Å². The molecule has 0 radical (unpaired) electrons. The van der Waals surface area contributed by atoms with Crippen LogP contribution < -0.4 is 5.32 Å². The molecule has 2 aliphatic rings. The molecule has 0 aromatic carbocycles. The van der Waals surface area contributed by atoms with E-state index in [0.29, 0.717) is 16.8 Å². The fourth-order valence-electron chi connectivity index (χ4n) is 3.26. The first-order valence-electron chi connectivity index (χ1n) is 7.77. The van der Waals surface area contributed by atoms with Crippen molar-refractivity contribution < 1.29 is 4.21 Å². The maximum atomic E-state index is 11.5. The van der Waals surface area contributed by atoms with Crippen molar-refractivity contribution in [2.75, 3.05) is 25.9 Å². The summed E-state index contributed by atoms with van der Waals surface area (Å²) in [5.41, 5.74) is 0.320. The molecule has 4 unspecified atom stereocenters. The van der Waals surface area contributed by atoms with Crippen LogP contribution in [0.15, 0.2) is 0 Å². The summed E-state index contributed by atoms with van der Waals surface area (Å²) in [5.74, 6) is 0.880. The maximum Gasteiger partial charge on any atom is 0.0329 e. The molecular formula is C15H30N2OS. The van der Waals surface area contributed by atoms with Gasteiger partial charge in [0.05, 0.1) is 0 Å². The van der Waals surface area contributed by atoms with Gasteiger partial charge in [0.1, 0.15) is 0 Å². The van der Waals surface area contributed by atoms with E-state index in [1.54, 1.807) is 0 Å². The van der Waals surface area contributed by atoms with Crippen LogP contribution in [0, 0.1) is 5.92 Å². The Morgan fingerprint density at radius 3 is 2.68 bits per heavy atom. The number of rotatable bonds is 6. The van der Waals surface area contributed by atoms with Crippen molar-refractivity contribution in [1.29, 1.82) is 0 Å². The maximum absolute atomic E-state index is 11.5. The van der Waals surface area contributed by atoms with Crippen LogP contribution in [-0.2, 0) is 10.8 Å². The molecule has 0 spiro atoms. The number of hydrogen-bond acceptors (Lipinski definition) is 3. The normalized spacial score (nSPS) is 36.1. The molecule has 0 bridgehead atoms. The first kappa shape index (κ1) is 15.5. The molecule has 3 nitrogen and oxygen atoms in total. The predicted octanol–water partition coefficient (Wildman–Crippen LogP) is 2.00. The highest BCUT2D eigenvalue weighted by Gasteiger charge is 2.45. The van der Waals surface area contributed by atoms with Crippen molar-refractivity contribution in [2.24, 2.45) is 5.92 Å². The van der Waals surface area contributed by atoms with Gasteiger partial charge in [0.2, 0.25) is 0 Å². The lowest BCUT2D eigenvalue weighted by Crippen LogP contribution is -2.64. The van der Waals surface area contributed by atoms with Crippen molar-refractivity contribution in [3.63, 3.8) is 0 Å². The van der Waals surface area contributed by atoms with Crippen molar-refractivity contribution in [1.82, 2.24) is 10.2 Å². The zero-order valence-electron chi connectivity index (χ0n) is 12.9.